The molecule has 1 aromatic carbocycles. The van der Waals surface area contributed by atoms with Crippen molar-refractivity contribution in [2.45, 2.75) is 45.7 Å². The van der Waals surface area contributed by atoms with Gasteiger partial charge in [0.15, 0.2) is 5.78 Å². The molecule has 1 rings (SSSR count). The van der Waals surface area contributed by atoms with E-state index in [0.717, 1.165) is 5.56 Å². The highest BCUT2D eigenvalue weighted by atomic mass is 16.4. The first-order valence-electron chi connectivity index (χ1n) is 7.59. The molecule has 0 saturated carbocycles. The Morgan fingerprint density at radius 3 is 2.43 bits per heavy atom. The number of carboxylic acids is 1. The molecule has 0 fully saturated rings. The van der Waals surface area contributed by atoms with E-state index < -0.39 is 24.0 Å². The van der Waals surface area contributed by atoms with Gasteiger partial charge in [0.05, 0.1) is 6.04 Å². The van der Waals surface area contributed by atoms with Gasteiger partial charge in [-0.3, -0.25) is 9.59 Å². The second-order valence-electron chi connectivity index (χ2n) is 6.10. The van der Waals surface area contributed by atoms with E-state index in [9.17, 15) is 14.4 Å². The normalized spacial score (nSPS) is 13.4. The third-order valence-corrected chi connectivity index (χ3v) is 3.45. The molecule has 126 valence electrons. The summed E-state index contributed by atoms with van der Waals surface area (Å²) in [6.45, 7) is 5.24. The van der Waals surface area contributed by atoms with Gasteiger partial charge in [-0.05, 0) is 37.3 Å². The van der Waals surface area contributed by atoms with Crippen molar-refractivity contribution >= 4 is 17.7 Å². The lowest BCUT2D eigenvalue weighted by Gasteiger charge is -2.19. The molecule has 23 heavy (non-hydrogen) atoms. The van der Waals surface area contributed by atoms with Gasteiger partial charge in [0, 0.05) is 5.56 Å². The number of amides is 1. The lowest BCUT2D eigenvalue weighted by atomic mass is 10.0. The first kappa shape index (κ1) is 18.8. The van der Waals surface area contributed by atoms with Crippen LogP contribution in [-0.4, -0.2) is 34.8 Å². The topological polar surface area (TPSA) is 109 Å². The third kappa shape index (κ3) is 6.20. The number of carbonyl (C=O) groups excluding carboxylic acids is 2. The van der Waals surface area contributed by atoms with Crippen molar-refractivity contribution < 1.29 is 19.5 Å². The minimum atomic E-state index is -1.07. The number of carbonyl (C=O) groups is 3. The number of hydrogen-bond donors (Lipinski definition) is 3. The molecule has 0 aliphatic heterocycles. The molecule has 0 spiro atoms. The van der Waals surface area contributed by atoms with Crippen LogP contribution in [0, 0.1) is 5.92 Å². The Labute approximate surface area is 136 Å². The Morgan fingerprint density at radius 2 is 1.91 bits per heavy atom. The number of ketones is 1. The van der Waals surface area contributed by atoms with Gasteiger partial charge in [0.2, 0.25) is 5.91 Å². The van der Waals surface area contributed by atoms with Crippen LogP contribution in [0.1, 0.15) is 43.1 Å². The summed E-state index contributed by atoms with van der Waals surface area (Å²) in [7, 11) is 0. The van der Waals surface area contributed by atoms with E-state index in [1.165, 1.54) is 6.92 Å². The summed E-state index contributed by atoms with van der Waals surface area (Å²) in [6.07, 6.45) is 0.578. The van der Waals surface area contributed by atoms with Crippen LogP contribution < -0.4 is 11.1 Å². The average molecular weight is 320 g/mol. The summed E-state index contributed by atoms with van der Waals surface area (Å²) < 4.78 is 0. The summed E-state index contributed by atoms with van der Waals surface area (Å²) in [4.78, 5) is 34.6. The molecule has 0 aliphatic carbocycles. The van der Waals surface area contributed by atoms with E-state index in [1.807, 2.05) is 13.8 Å². The fourth-order valence-corrected chi connectivity index (χ4v) is 2.24. The van der Waals surface area contributed by atoms with Gasteiger partial charge in [0.1, 0.15) is 6.04 Å². The second kappa shape index (κ2) is 8.43. The largest absolute Gasteiger partial charge is 0.480 e. The number of carboxylic acid groups (broad SMARTS) is 1. The minimum absolute atomic E-state index is 0.0623. The fraction of sp³-hybridized carbons (Fsp3) is 0.471. The standard InChI is InChI=1S/C17H24N2O4/c1-10(2)7-15(17(22)23)19-16(21)14(18)9-12-5-4-6-13(8-12)11(3)20/h4-6,8,10,14-15H,7,9,18H2,1-3H3,(H,19,21)(H,22,23)/t14-,15-/m0/s1. The second-order valence-corrected chi connectivity index (χ2v) is 6.10. The number of hydrogen-bond acceptors (Lipinski definition) is 4. The van der Waals surface area contributed by atoms with Crippen molar-refractivity contribution in [1.82, 2.24) is 5.32 Å². The maximum Gasteiger partial charge on any atom is 0.326 e. The Kier molecular flexibility index (Phi) is 6.90. The highest BCUT2D eigenvalue weighted by Crippen LogP contribution is 2.09. The molecule has 6 heteroatoms. The number of nitrogens with one attached hydrogen (secondary N) is 1. The minimum Gasteiger partial charge on any atom is -0.480 e. The zero-order chi connectivity index (χ0) is 17.6. The molecule has 0 radical (unpaired) electrons. The maximum atomic E-state index is 12.1. The molecule has 0 bridgehead atoms. The van der Waals surface area contributed by atoms with Crippen LogP contribution >= 0.6 is 0 Å². The van der Waals surface area contributed by atoms with Gasteiger partial charge in [0.25, 0.3) is 0 Å². The molecule has 1 aromatic rings. The Morgan fingerprint density at radius 1 is 1.26 bits per heavy atom. The smallest absolute Gasteiger partial charge is 0.326 e. The SMILES string of the molecule is CC(=O)c1cccc(C[C@H](N)C(=O)N[C@@H](CC(C)C)C(=O)O)c1. The molecule has 6 nitrogen and oxygen atoms in total. The molecule has 0 saturated heterocycles. The summed E-state index contributed by atoms with van der Waals surface area (Å²) in [5.41, 5.74) is 7.18. The molecule has 0 aromatic heterocycles. The van der Waals surface area contributed by atoms with Crippen LogP contribution in [0.25, 0.3) is 0 Å². The van der Waals surface area contributed by atoms with Crippen molar-refractivity contribution in [3.63, 3.8) is 0 Å². The summed E-state index contributed by atoms with van der Waals surface area (Å²) in [5.74, 6) is -1.50. The highest BCUT2D eigenvalue weighted by molar-refractivity contribution is 5.94. The Hall–Kier alpha value is -2.21. The van der Waals surface area contributed by atoms with E-state index in [0.29, 0.717) is 12.0 Å². The number of aliphatic carboxylic acids is 1. The lowest BCUT2D eigenvalue weighted by molar-refractivity contribution is -0.142. The molecule has 0 heterocycles. The maximum absolute atomic E-state index is 12.1. The van der Waals surface area contributed by atoms with Crippen molar-refractivity contribution in [2.75, 3.05) is 0 Å². The van der Waals surface area contributed by atoms with Gasteiger partial charge < -0.3 is 16.2 Å². The van der Waals surface area contributed by atoms with Crippen LogP contribution in [0.4, 0.5) is 0 Å². The van der Waals surface area contributed by atoms with E-state index >= 15 is 0 Å². The lowest BCUT2D eigenvalue weighted by Crippen LogP contribution is -2.49. The summed E-state index contributed by atoms with van der Waals surface area (Å²) >= 11 is 0. The van der Waals surface area contributed by atoms with Crippen LogP contribution in [0.3, 0.4) is 0 Å². The van der Waals surface area contributed by atoms with Crippen LogP contribution in [0.15, 0.2) is 24.3 Å². The third-order valence-electron chi connectivity index (χ3n) is 3.45. The fourth-order valence-electron chi connectivity index (χ4n) is 2.24. The Balaban J connectivity index is 2.71. The number of benzene rings is 1. The molecule has 2 atom stereocenters. The number of Topliss-reactive ketones (excluding diaryl/α,β-unsaturated/α-hetero) is 1. The molecule has 0 aliphatic rings. The first-order chi connectivity index (χ1) is 10.7. The Bertz CT molecular complexity index is 584. The first-order valence-corrected chi connectivity index (χ1v) is 7.59. The summed E-state index contributed by atoms with van der Waals surface area (Å²) in [6, 6.07) is 5.08. The van der Waals surface area contributed by atoms with Crippen LogP contribution in [0.2, 0.25) is 0 Å². The highest BCUT2D eigenvalue weighted by Gasteiger charge is 2.24. The van der Waals surface area contributed by atoms with Gasteiger partial charge in [-0.1, -0.05) is 32.0 Å². The van der Waals surface area contributed by atoms with Crippen molar-refractivity contribution in [3.8, 4) is 0 Å². The van der Waals surface area contributed by atoms with Gasteiger partial charge in [-0.25, -0.2) is 4.79 Å². The zero-order valence-corrected chi connectivity index (χ0v) is 13.7. The number of rotatable bonds is 8. The van der Waals surface area contributed by atoms with Crippen LogP contribution in [0.5, 0.6) is 0 Å². The molecular weight excluding hydrogens is 296 g/mol. The number of nitrogens with two attached hydrogens (primary N) is 1. The summed E-state index contributed by atoms with van der Waals surface area (Å²) in [5, 5.41) is 11.6. The van der Waals surface area contributed by atoms with Gasteiger partial charge in [-0.2, -0.15) is 0 Å². The van der Waals surface area contributed by atoms with Crippen LogP contribution in [-0.2, 0) is 16.0 Å². The van der Waals surface area contributed by atoms with E-state index in [2.05, 4.69) is 5.32 Å². The van der Waals surface area contributed by atoms with Crippen molar-refractivity contribution in [1.29, 1.82) is 0 Å². The van der Waals surface area contributed by atoms with Gasteiger partial charge in [-0.15, -0.1) is 0 Å². The van der Waals surface area contributed by atoms with Gasteiger partial charge >= 0.3 is 5.97 Å². The molecular formula is C17H24N2O4. The zero-order valence-electron chi connectivity index (χ0n) is 13.7. The molecule has 1 amide bonds. The average Bonchev–Trinajstić information content (AvgIpc) is 2.46. The molecule has 4 N–H and O–H groups in total. The van der Waals surface area contributed by atoms with E-state index in [-0.39, 0.29) is 18.1 Å². The van der Waals surface area contributed by atoms with Crippen molar-refractivity contribution in [2.24, 2.45) is 11.7 Å². The quantitative estimate of drug-likeness (QED) is 0.627. The van der Waals surface area contributed by atoms with Crippen molar-refractivity contribution in [3.05, 3.63) is 35.4 Å². The predicted octanol–water partition coefficient (Wildman–Crippen LogP) is 1.37. The molecule has 0 unspecified atom stereocenters. The predicted molar refractivity (Wildman–Crippen MR) is 87.1 cm³/mol. The van der Waals surface area contributed by atoms with E-state index in [4.69, 9.17) is 10.8 Å². The van der Waals surface area contributed by atoms with E-state index in [1.54, 1.807) is 24.3 Å². The monoisotopic (exact) mass is 320 g/mol.